The predicted octanol–water partition coefficient (Wildman–Crippen LogP) is 2.22. The number of nitrogens with one attached hydrogen (secondary N) is 1. The second kappa shape index (κ2) is 7.39. The van der Waals surface area contributed by atoms with Crippen LogP contribution in [-0.4, -0.2) is 37.5 Å². The first kappa shape index (κ1) is 15.0. The number of piperidine rings is 1. The van der Waals surface area contributed by atoms with Crippen molar-refractivity contribution in [2.75, 3.05) is 26.7 Å². The quantitative estimate of drug-likeness (QED) is 0.895. The highest BCUT2D eigenvalue weighted by Crippen LogP contribution is 2.16. The van der Waals surface area contributed by atoms with E-state index < -0.39 is 0 Å². The SMILES string of the molecule is CN(CCC1CCNCC1)C(=O)Cc1ccccc1F. The molecule has 1 N–H and O–H groups in total. The molecule has 0 aromatic heterocycles. The van der Waals surface area contributed by atoms with Crippen molar-refractivity contribution in [3.8, 4) is 0 Å². The zero-order chi connectivity index (χ0) is 14.4. The molecular weight excluding hydrogens is 255 g/mol. The fraction of sp³-hybridized carbons (Fsp3) is 0.562. The van der Waals surface area contributed by atoms with Crippen LogP contribution in [0.3, 0.4) is 0 Å². The van der Waals surface area contributed by atoms with Gasteiger partial charge in [0.1, 0.15) is 5.82 Å². The van der Waals surface area contributed by atoms with Crippen molar-refractivity contribution in [2.45, 2.75) is 25.7 Å². The standard InChI is InChI=1S/C16H23FN2O/c1-19(11-8-13-6-9-18-10-7-13)16(20)12-14-4-2-3-5-15(14)17/h2-5,13,18H,6-12H2,1H3. The van der Waals surface area contributed by atoms with Crippen LogP contribution >= 0.6 is 0 Å². The van der Waals surface area contributed by atoms with E-state index in [2.05, 4.69) is 5.32 Å². The lowest BCUT2D eigenvalue weighted by Crippen LogP contribution is -2.33. The molecule has 0 spiro atoms. The molecule has 1 fully saturated rings. The van der Waals surface area contributed by atoms with E-state index >= 15 is 0 Å². The Hall–Kier alpha value is -1.42. The Morgan fingerprint density at radius 1 is 1.35 bits per heavy atom. The Labute approximate surface area is 120 Å². The monoisotopic (exact) mass is 278 g/mol. The molecule has 0 bridgehead atoms. The molecule has 110 valence electrons. The van der Waals surface area contributed by atoms with Crippen molar-refractivity contribution >= 4 is 5.91 Å². The van der Waals surface area contributed by atoms with E-state index in [4.69, 9.17) is 0 Å². The number of rotatable bonds is 5. The minimum atomic E-state index is -0.299. The normalized spacial score (nSPS) is 16.1. The van der Waals surface area contributed by atoms with Crippen LogP contribution in [0.4, 0.5) is 4.39 Å². The van der Waals surface area contributed by atoms with Crippen molar-refractivity contribution in [2.24, 2.45) is 5.92 Å². The highest BCUT2D eigenvalue weighted by Gasteiger charge is 2.16. The third kappa shape index (κ3) is 4.30. The summed E-state index contributed by atoms with van der Waals surface area (Å²) in [7, 11) is 1.81. The minimum Gasteiger partial charge on any atom is -0.345 e. The van der Waals surface area contributed by atoms with Gasteiger partial charge in [0.2, 0.25) is 5.91 Å². The smallest absolute Gasteiger partial charge is 0.226 e. The summed E-state index contributed by atoms with van der Waals surface area (Å²) in [5.41, 5.74) is 0.478. The Morgan fingerprint density at radius 3 is 2.75 bits per heavy atom. The highest BCUT2D eigenvalue weighted by atomic mass is 19.1. The molecule has 1 aromatic carbocycles. The van der Waals surface area contributed by atoms with E-state index in [0.717, 1.165) is 26.1 Å². The summed E-state index contributed by atoms with van der Waals surface area (Å²) in [4.78, 5) is 13.8. The van der Waals surface area contributed by atoms with E-state index in [9.17, 15) is 9.18 Å². The Kier molecular flexibility index (Phi) is 5.53. The zero-order valence-corrected chi connectivity index (χ0v) is 12.1. The van der Waals surface area contributed by atoms with Crippen LogP contribution in [0.5, 0.6) is 0 Å². The van der Waals surface area contributed by atoms with E-state index in [0.29, 0.717) is 11.5 Å². The summed E-state index contributed by atoms with van der Waals surface area (Å²) < 4.78 is 13.5. The Morgan fingerprint density at radius 2 is 2.05 bits per heavy atom. The van der Waals surface area contributed by atoms with Gasteiger partial charge in [0.15, 0.2) is 0 Å². The van der Waals surface area contributed by atoms with E-state index in [-0.39, 0.29) is 18.1 Å². The molecule has 0 radical (unpaired) electrons. The molecule has 1 aromatic rings. The number of hydrogen-bond acceptors (Lipinski definition) is 2. The molecular formula is C16H23FN2O. The Bertz CT molecular complexity index is 444. The first-order chi connectivity index (χ1) is 9.66. The van der Waals surface area contributed by atoms with E-state index in [1.165, 1.54) is 18.9 Å². The van der Waals surface area contributed by atoms with Crippen LogP contribution in [0.1, 0.15) is 24.8 Å². The van der Waals surface area contributed by atoms with Gasteiger partial charge >= 0.3 is 0 Å². The molecule has 20 heavy (non-hydrogen) atoms. The molecule has 1 amide bonds. The zero-order valence-electron chi connectivity index (χ0n) is 12.1. The summed E-state index contributed by atoms with van der Waals surface area (Å²) in [5, 5.41) is 3.34. The average Bonchev–Trinajstić information content (AvgIpc) is 2.48. The molecule has 1 aliphatic heterocycles. The van der Waals surface area contributed by atoms with Crippen LogP contribution in [0.2, 0.25) is 0 Å². The van der Waals surface area contributed by atoms with Crippen molar-refractivity contribution in [1.82, 2.24) is 10.2 Å². The number of amides is 1. The lowest BCUT2D eigenvalue weighted by Gasteiger charge is -2.25. The first-order valence-corrected chi connectivity index (χ1v) is 7.35. The molecule has 0 aliphatic carbocycles. The lowest BCUT2D eigenvalue weighted by atomic mass is 9.94. The largest absolute Gasteiger partial charge is 0.345 e. The van der Waals surface area contributed by atoms with Gasteiger partial charge in [-0.05, 0) is 49.9 Å². The van der Waals surface area contributed by atoms with E-state index in [1.54, 1.807) is 23.1 Å². The maximum Gasteiger partial charge on any atom is 0.226 e. The number of hydrogen-bond donors (Lipinski definition) is 1. The first-order valence-electron chi connectivity index (χ1n) is 7.35. The summed E-state index contributed by atoms with van der Waals surface area (Å²) >= 11 is 0. The molecule has 0 unspecified atom stereocenters. The van der Waals surface area contributed by atoms with Gasteiger partial charge in [-0.3, -0.25) is 4.79 Å². The number of nitrogens with zero attached hydrogens (tertiary/aromatic N) is 1. The predicted molar refractivity (Wildman–Crippen MR) is 78.0 cm³/mol. The summed E-state index contributed by atoms with van der Waals surface area (Å²) in [6.07, 6.45) is 3.57. The molecule has 1 saturated heterocycles. The second-order valence-electron chi connectivity index (χ2n) is 5.57. The lowest BCUT2D eigenvalue weighted by molar-refractivity contribution is -0.129. The average molecular weight is 278 g/mol. The van der Waals surface area contributed by atoms with Gasteiger partial charge in [-0.15, -0.1) is 0 Å². The summed E-state index contributed by atoms with van der Waals surface area (Å²) in [6.45, 7) is 2.92. The molecule has 1 heterocycles. The van der Waals surface area contributed by atoms with E-state index in [1.807, 2.05) is 7.05 Å². The number of carbonyl (C=O) groups excluding carboxylic acids is 1. The maximum absolute atomic E-state index is 13.5. The van der Waals surface area contributed by atoms with Crippen molar-refractivity contribution < 1.29 is 9.18 Å². The summed E-state index contributed by atoms with van der Waals surface area (Å²) in [6, 6.07) is 6.48. The third-order valence-corrected chi connectivity index (χ3v) is 4.06. The number of benzene rings is 1. The molecule has 3 nitrogen and oxygen atoms in total. The molecule has 0 saturated carbocycles. The second-order valence-corrected chi connectivity index (χ2v) is 5.57. The molecule has 2 rings (SSSR count). The number of likely N-dealkylation sites (N-methyl/N-ethyl adjacent to an activating group) is 1. The van der Waals surface area contributed by atoms with Gasteiger partial charge in [-0.25, -0.2) is 4.39 Å². The molecule has 1 aliphatic rings. The topological polar surface area (TPSA) is 32.3 Å². The molecule has 4 heteroatoms. The number of halogens is 1. The summed E-state index contributed by atoms with van der Waals surface area (Å²) in [5.74, 6) is 0.400. The van der Waals surface area contributed by atoms with Crippen LogP contribution in [0, 0.1) is 11.7 Å². The third-order valence-electron chi connectivity index (χ3n) is 4.06. The van der Waals surface area contributed by atoms with Gasteiger partial charge in [0.25, 0.3) is 0 Å². The van der Waals surface area contributed by atoms with Crippen molar-refractivity contribution in [3.63, 3.8) is 0 Å². The van der Waals surface area contributed by atoms with Crippen LogP contribution in [0.15, 0.2) is 24.3 Å². The molecule has 0 atom stereocenters. The minimum absolute atomic E-state index is 0.0102. The van der Waals surface area contributed by atoms with Gasteiger partial charge in [0.05, 0.1) is 6.42 Å². The van der Waals surface area contributed by atoms with Crippen LogP contribution in [-0.2, 0) is 11.2 Å². The highest BCUT2D eigenvalue weighted by molar-refractivity contribution is 5.78. The van der Waals surface area contributed by atoms with Gasteiger partial charge < -0.3 is 10.2 Å². The van der Waals surface area contributed by atoms with Crippen molar-refractivity contribution in [3.05, 3.63) is 35.6 Å². The van der Waals surface area contributed by atoms with Gasteiger partial charge in [-0.2, -0.15) is 0 Å². The number of carbonyl (C=O) groups is 1. The van der Waals surface area contributed by atoms with Crippen LogP contribution < -0.4 is 5.32 Å². The fourth-order valence-electron chi connectivity index (χ4n) is 2.61. The van der Waals surface area contributed by atoms with Crippen molar-refractivity contribution in [1.29, 1.82) is 0 Å². The van der Waals surface area contributed by atoms with Gasteiger partial charge in [0, 0.05) is 13.6 Å². The fourth-order valence-corrected chi connectivity index (χ4v) is 2.61. The van der Waals surface area contributed by atoms with Crippen LogP contribution in [0.25, 0.3) is 0 Å². The van der Waals surface area contributed by atoms with Gasteiger partial charge in [-0.1, -0.05) is 18.2 Å². The Balaban J connectivity index is 1.78. The maximum atomic E-state index is 13.5.